The molecular formula is C19H21ClN4O3. The van der Waals surface area contributed by atoms with Gasteiger partial charge in [0.1, 0.15) is 23.6 Å². The number of pyridine rings is 1. The summed E-state index contributed by atoms with van der Waals surface area (Å²) >= 11 is 5.95. The van der Waals surface area contributed by atoms with E-state index in [1.165, 1.54) is 17.2 Å². The number of amides is 2. The standard InChI is InChI=1S/C19H21ClN4O3/c1-11(2)22-17(25)10-24-18(12-5-4-6-13(7-12)27-3)23-15-9-21-16(20)8-14(15)19(24)26/h4-9,11,18,23H,10H2,1-3H3,(H,22,25). The van der Waals surface area contributed by atoms with Crippen LogP contribution in [-0.4, -0.2) is 41.4 Å². The highest BCUT2D eigenvalue weighted by atomic mass is 35.5. The van der Waals surface area contributed by atoms with E-state index in [4.69, 9.17) is 16.3 Å². The van der Waals surface area contributed by atoms with Crippen LogP contribution in [0.25, 0.3) is 0 Å². The normalized spacial score (nSPS) is 16.0. The van der Waals surface area contributed by atoms with Gasteiger partial charge in [0.15, 0.2) is 0 Å². The summed E-state index contributed by atoms with van der Waals surface area (Å²) in [6.07, 6.45) is 0.981. The highest BCUT2D eigenvalue weighted by molar-refractivity contribution is 6.30. The van der Waals surface area contributed by atoms with E-state index < -0.39 is 6.17 Å². The SMILES string of the molecule is COc1cccc(C2Nc3cnc(Cl)cc3C(=O)N2CC(=O)NC(C)C)c1. The molecule has 0 bridgehead atoms. The van der Waals surface area contributed by atoms with Crippen LogP contribution in [0.2, 0.25) is 5.15 Å². The molecule has 1 unspecified atom stereocenters. The number of carbonyl (C=O) groups is 2. The van der Waals surface area contributed by atoms with Crippen LogP contribution < -0.4 is 15.4 Å². The van der Waals surface area contributed by atoms with E-state index in [0.29, 0.717) is 17.0 Å². The fourth-order valence-corrected chi connectivity index (χ4v) is 3.14. The molecule has 1 aliphatic heterocycles. The maximum absolute atomic E-state index is 13.1. The van der Waals surface area contributed by atoms with Gasteiger partial charge < -0.3 is 20.3 Å². The second kappa shape index (κ2) is 7.84. The first kappa shape index (κ1) is 19.0. The van der Waals surface area contributed by atoms with E-state index >= 15 is 0 Å². The molecule has 0 aliphatic carbocycles. The molecule has 1 atom stereocenters. The van der Waals surface area contributed by atoms with Gasteiger partial charge >= 0.3 is 0 Å². The van der Waals surface area contributed by atoms with Gasteiger partial charge in [0.2, 0.25) is 5.91 Å². The molecule has 142 valence electrons. The van der Waals surface area contributed by atoms with Crippen molar-refractivity contribution < 1.29 is 14.3 Å². The molecule has 1 aromatic heterocycles. The number of methoxy groups -OCH3 is 1. The maximum atomic E-state index is 13.1. The molecule has 8 heteroatoms. The van der Waals surface area contributed by atoms with Gasteiger partial charge in [0, 0.05) is 6.04 Å². The van der Waals surface area contributed by atoms with Crippen LogP contribution in [-0.2, 0) is 4.79 Å². The van der Waals surface area contributed by atoms with Crippen LogP contribution in [0.1, 0.15) is 35.9 Å². The number of halogens is 1. The van der Waals surface area contributed by atoms with Crippen molar-refractivity contribution in [3.8, 4) is 5.75 Å². The lowest BCUT2D eigenvalue weighted by Gasteiger charge is -2.37. The quantitative estimate of drug-likeness (QED) is 0.769. The van der Waals surface area contributed by atoms with E-state index in [0.717, 1.165) is 5.56 Å². The second-order valence-electron chi connectivity index (χ2n) is 6.53. The summed E-state index contributed by atoms with van der Waals surface area (Å²) in [7, 11) is 1.58. The second-order valence-corrected chi connectivity index (χ2v) is 6.92. The van der Waals surface area contributed by atoms with Gasteiger partial charge in [-0.3, -0.25) is 9.59 Å². The molecule has 2 N–H and O–H groups in total. The average Bonchev–Trinajstić information content (AvgIpc) is 2.63. The smallest absolute Gasteiger partial charge is 0.258 e. The van der Waals surface area contributed by atoms with Crippen molar-refractivity contribution in [3.05, 3.63) is 52.8 Å². The third-order valence-electron chi connectivity index (χ3n) is 4.14. The number of ether oxygens (including phenoxy) is 1. The Labute approximate surface area is 162 Å². The number of fused-ring (bicyclic) bond motifs is 1. The van der Waals surface area contributed by atoms with Crippen molar-refractivity contribution in [1.29, 1.82) is 0 Å². The van der Waals surface area contributed by atoms with Crippen molar-refractivity contribution in [3.63, 3.8) is 0 Å². The van der Waals surface area contributed by atoms with Crippen LogP contribution >= 0.6 is 11.6 Å². The predicted molar refractivity (Wildman–Crippen MR) is 103 cm³/mol. The van der Waals surface area contributed by atoms with Crippen molar-refractivity contribution in [2.75, 3.05) is 19.0 Å². The number of nitrogens with one attached hydrogen (secondary N) is 2. The first-order valence-corrected chi connectivity index (χ1v) is 8.93. The molecule has 0 saturated carbocycles. The zero-order valence-electron chi connectivity index (χ0n) is 15.3. The van der Waals surface area contributed by atoms with Crippen LogP contribution in [0.5, 0.6) is 5.75 Å². The summed E-state index contributed by atoms with van der Waals surface area (Å²) in [5, 5.41) is 6.31. The summed E-state index contributed by atoms with van der Waals surface area (Å²) in [5.41, 5.74) is 1.74. The van der Waals surface area contributed by atoms with Gasteiger partial charge in [-0.2, -0.15) is 0 Å². The summed E-state index contributed by atoms with van der Waals surface area (Å²) in [6.45, 7) is 3.65. The highest BCUT2D eigenvalue weighted by Gasteiger charge is 2.35. The number of hydrogen-bond acceptors (Lipinski definition) is 5. The van der Waals surface area contributed by atoms with E-state index in [1.807, 2.05) is 38.1 Å². The molecule has 0 radical (unpaired) electrons. The molecule has 2 heterocycles. The topological polar surface area (TPSA) is 83.6 Å². The Kier molecular flexibility index (Phi) is 5.51. The molecule has 3 rings (SSSR count). The molecular weight excluding hydrogens is 368 g/mol. The number of rotatable bonds is 5. The van der Waals surface area contributed by atoms with Gasteiger partial charge in [0.25, 0.3) is 5.91 Å². The lowest BCUT2D eigenvalue weighted by atomic mass is 10.0. The first-order chi connectivity index (χ1) is 12.9. The number of benzene rings is 1. The molecule has 2 amide bonds. The van der Waals surface area contributed by atoms with Crippen molar-refractivity contribution >= 4 is 29.1 Å². The number of anilines is 1. The van der Waals surface area contributed by atoms with E-state index in [2.05, 4.69) is 15.6 Å². The fourth-order valence-electron chi connectivity index (χ4n) is 2.98. The molecule has 27 heavy (non-hydrogen) atoms. The third kappa shape index (κ3) is 4.14. The van der Waals surface area contributed by atoms with Gasteiger partial charge in [-0.25, -0.2) is 4.98 Å². The monoisotopic (exact) mass is 388 g/mol. The Bertz CT molecular complexity index is 872. The predicted octanol–water partition coefficient (Wildman–Crippen LogP) is 2.83. The Morgan fingerprint density at radius 1 is 1.41 bits per heavy atom. The largest absolute Gasteiger partial charge is 0.497 e. The van der Waals surface area contributed by atoms with E-state index in [9.17, 15) is 9.59 Å². The van der Waals surface area contributed by atoms with Crippen molar-refractivity contribution in [2.24, 2.45) is 0 Å². The van der Waals surface area contributed by atoms with Crippen molar-refractivity contribution in [2.45, 2.75) is 26.1 Å². The fraction of sp³-hybridized carbons (Fsp3) is 0.316. The number of carbonyl (C=O) groups excluding carboxylic acids is 2. The van der Waals surface area contributed by atoms with Gasteiger partial charge in [-0.15, -0.1) is 0 Å². The van der Waals surface area contributed by atoms with Crippen LogP contribution in [0.15, 0.2) is 36.5 Å². The zero-order chi connectivity index (χ0) is 19.6. The summed E-state index contributed by atoms with van der Waals surface area (Å²) < 4.78 is 5.29. The molecule has 7 nitrogen and oxygen atoms in total. The summed E-state index contributed by atoms with van der Waals surface area (Å²) in [5.74, 6) is 0.129. The molecule has 0 saturated heterocycles. The number of aromatic nitrogens is 1. The summed E-state index contributed by atoms with van der Waals surface area (Å²) in [6, 6.07) is 8.83. The Morgan fingerprint density at radius 3 is 2.89 bits per heavy atom. The molecule has 0 fully saturated rings. The lowest BCUT2D eigenvalue weighted by Crippen LogP contribution is -2.48. The minimum atomic E-state index is -0.541. The van der Waals surface area contributed by atoms with Crippen LogP contribution in [0, 0.1) is 0 Å². The van der Waals surface area contributed by atoms with Gasteiger partial charge in [-0.1, -0.05) is 23.7 Å². The minimum Gasteiger partial charge on any atom is -0.497 e. The molecule has 1 aromatic carbocycles. The average molecular weight is 389 g/mol. The van der Waals surface area contributed by atoms with Crippen LogP contribution in [0.3, 0.4) is 0 Å². The number of hydrogen-bond donors (Lipinski definition) is 2. The lowest BCUT2D eigenvalue weighted by molar-refractivity contribution is -0.122. The highest BCUT2D eigenvalue weighted by Crippen LogP contribution is 2.34. The maximum Gasteiger partial charge on any atom is 0.258 e. The first-order valence-electron chi connectivity index (χ1n) is 8.55. The Morgan fingerprint density at radius 2 is 2.19 bits per heavy atom. The van der Waals surface area contributed by atoms with Crippen molar-refractivity contribution in [1.82, 2.24) is 15.2 Å². The minimum absolute atomic E-state index is 0.0217. The van der Waals surface area contributed by atoms with E-state index in [-0.39, 0.29) is 29.6 Å². The third-order valence-corrected chi connectivity index (χ3v) is 4.35. The molecule has 2 aromatic rings. The molecule has 0 spiro atoms. The van der Waals surface area contributed by atoms with E-state index in [1.54, 1.807) is 7.11 Å². The van der Waals surface area contributed by atoms with Gasteiger partial charge in [0.05, 0.1) is 24.6 Å². The summed E-state index contributed by atoms with van der Waals surface area (Å²) in [4.78, 5) is 31.0. The van der Waals surface area contributed by atoms with Gasteiger partial charge in [-0.05, 0) is 37.6 Å². The van der Waals surface area contributed by atoms with Crippen LogP contribution in [0.4, 0.5) is 5.69 Å². The zero-order valence-corrected chi connectivity index (χ0v) is 16.1. The Balaban J connectivity index is 2.00. The number of nitrogens with zero attached hydrogens (tertiary/aromatic N) is 2. The Hall–Kier alpha value is -2.80. The molecule has 1 aliphatic rings.